The maximum atomic E-state index is 6.11. The van der Waals surface area contributed by atoms with E-state index < -0.39 is 0 Å². The summed E-state index contributed by atoms with van der Waals surface area (Å²) in [5, 5.41) is 0.777. The molecule has 2 N–H and O–H groups in total. The quantitative estimate of drug-likeness (QED) is 0.909. The molecular weight excluding hydrogens is 269 g/mol. The zero-order chi connectivity index (χ0) is 12.6. The van der Waals surface area contributed by atoms with Crippen LogP contribution in [0.3, 0.4) is 0 Å². The molecule has 1 aromatic rings. The van der Waals surface area contributed by atoms with E-state index in [1.807, 2.05) is 12.1 Å². The third kappa shape index (κ3) is 3.44. The largest absolute Gasteiger partial charge is 0.371 e. The molecule has 0 atom stereocenters. The average molecular weight is 290 g/mol. The minimum absolute atomic E-state index is 0. The van der Waals surface area contributed by atoms with E-state index in [1.54, 1.807) is 0 Å². The minimum atomic E-state index is -0.199. The Balaban J connectivity index is 0.00000162. The summed E-state index contributed by atoms with van der Waals surface area (Å²) in [5.74, 6) is 0. The van der Waals surface area contributed by atoms with Crippen LogP contribution in [0.1, 0.15) is 13.8 Å². The van der Waals surface area contributed by atoms with Crippen LogP contribution < -0.4 is 15.5 Å². The summed E-state index contributed by atoms with van der Waals surface area (Å²) in [5.41, 5.74) is 8.32. The summed E-state index contributed by atoms with van der Waals surface area (Å²) in [6.07, 6.45) is 0. The van der Waals surface area contributed by atoms with E-state index in [-0.39, 0.29) is 17.9 Å². The van der Waals surface area contributed by atoms with Gasteiger partial charge in [0, 0.05) is 37.2 Å². The fraction of sp³-hybridized carbons (Fsp3) is 0.538. The van der Waals surface area contributed by atoms with Crippen molar-refractivity contribution in [2.75, 3.05) is 36.5 Å². The fourth-order valence-corrected chi connectivity index (χ4v) is 2.41. The van der Waals surface area contributed by atoms with Crippen molar-refractivity contribution in [1.82, 2.24) is 0 Å². The molecule has 1 heterocycles. The molecule has 3 nitrogen and oxygen atoms in total. The third-order valence-corrected chi connectivity index (χ3v) is 3.23. The molecule has 0 aromatic heterocycles. The van der Waals surface area contributed by atoms with Crippen LogP contribution in [0.4, 0.5) is 11.4 Å². The number of nitrogens with zero attached hydrogens (tertiary/aromatic N) is 2. The van der Waals surface area contributed by atoms with Gasteiger partial charge in [-0.3, -0.25) is 0 Å². The molecule has 0 bridgehead atoms. The van der Waals surface area contributed by atoms with E-state index in [4.69, 9.17) is 17.3 Å². The Morgan fingerprint density at radius 1 is 1.28 bits per heavy atom. The zero-order valence-electron chi connectivity index (χ0n) is 11.1. The fourth-order valence-electron chi connectivity index (χ4n) is 2.24. The first kappa shape index (κ1) is 15.4. The SMILES string of the molecule is CN1CCN(CC(C)(C)N)c2cc(Cl)ccc21.Cl. The smallest absolute Gasteiger partial charge is 0.0620 e. The molecule has 0 radical (unpaired) electrons. The van der Waals surface area contributed by atoms with Crippen molar-refractivity contribution in [2.45, 2.75) is 19.4 Å². The Morgan fingerprint density at radius 2 is 1.94 bits per heavy atom. The van der Waals surface area contributed by atoms with Gasteiger partial charge in [0.1, 0.15) is 0 Å². The highest BCUT2D eigenvalue weighted by Crippen LogP contribution is 2.34. The van der Waals surface area contributed by atoms with Crippen LogP contribution in [0, 0.1) is 0 Å². The van der Waals surface area contributed by atoms with Crippen molar-refractivity contribution in [3.63, 3.8) is 0 Å². The lowest BCUT2D eigenvalue weighted by molar-refractivity contribution is 0.502. The van der Waals surface area contributed by atoms with Crippen LogP contribution in [-0.2, 0) is 0 Å². The lowest BCUT2D eigenvalue weighted by Crippen LogP contribution is -2.49. The Kier molecular flexibility index (Phi) is 4.76. The van der Waals surface area contributed by atoms with Crippen molar-refractivity contribution in [1.29, 1.82) is 0 Å². The highest BCUT2D eigenvalue weighted by molar-refractivity contribution is 6.31. The summed E-state index contributed by atoms with van der Waals surface area (Å²) in [6.45, 7) is 6.95. The maximum absolute atomic E-state index is 6.11. The Hall–Kier alpha value is -0.640. The van der Waals surface area contributed by atoms with Gasteiger partial charge in [-0.25, -0.2) is 0 Å². The molecule has 0 fully saturated rings. The Morgan fingerprint density at radius 3 is 2.56 bits per heavy atom. The minimum Gasteiger partial charge on any atom is -0.371 e. The summed E-state index contributed by atoms with van der Waals surface area (Å²) in [6, 6.07) is 6.04. The van der Waals surface area contributed by atoms with Crippen molar-refractivity contribution < 1.29 is 0 Å². The van der Waals surface area contributed by atoms with Gasteiger partial charge in [-0.1, -0.05) is 11.6 Å². The second-order valence-electron chi connectivity index (χ2n) is 5.46. The summed E-state index contributed by atoms with van der Waals surface area (Å²) in [4.78, 5) is 4.58. The van der Waals surface area contributed by atoms with Gasteiger partial charge in [0.15, 0.2) is 0 Å². The van der Waals surface area contributed by atoms with Gasteiger partial charge in [0.05, 0.1) is 11.4 Å². The van der Waals surface area contributed by atoms with Crippen LogP contribution >= 0.6 is 24.0 Å². The summed E-state index contributed by atoms with van der Waals surface area (Å²) in [7, 11) is 2.11. The molecule has 102 valence electrons. The van der Waals surface area contributed by atoms with Crippen molar-refractivity contribution in [3.05, 3.63) is 23.2 Å². The number of halogens is 2. The molecule has 0 spiro atoms. The molecule has 0 aliphatic carbocycles. The number of anilines is 2. The van der Waals surface area contributed by atoms with Crippen molar-refractivity contribution in [2.24, 2.45) is 5.73 Å². The van der Waals surface area contributed by atoms with E-state index >= 15 is 0 Å². The van der Waals surface area contributed by atoms with E-state index in [9.17, 15) is 0 Å². The van der Waals surface area contributed by atoms with Gasteiger partial charge in [0.2, 0.25) is 0 Å². The first-order chi connectivity index (χ1) is 7.87. The van der Waals surface area contributed by atoms with Crippen LogP contribution in [-0.4, -0.2) is 32.2 Å². The highest BCUT2D eigenvalue weighted by Gasteiger charge is 2.24. The molecule has 18 heavy (non-hydrogen) atoms. The molecule has 1 aliphatic heterocycles. The molecule has 2 rings (SSSR count). The van der Waals surface area contributed by atoms with Crippen molar-refractivity contribution in [3.8, 4) is 0 Å². The molecule has 5 heteroatoms. The van der Waals surface area contributed by atoms with Gasteiger partial charge in [-0.2, -0.15) is 0 Å². The number of benzene rings is 1. The summed E-state index contributed by atoms with van der Waals surface area (Å²) >= 11 is 6.08. The molecule has 1 aliphatic rings. The number of rotatable bonds is 2. The second kappa shape index (κ2) is 5.55. The highest BCUT2D eigenvalue weighted by atomic mass is 35.5. The second-order valence-corrected chi connectivity index (χ2v) is 5.90. The lowest BCUT2D eigenvalue weighted by Gasteiger charge is -2.40. The normalized spacial score (nSPS) is 15.2. The Labute approximate surface area is 120 Å². The van der Waals surface area contributed by atoms with Crippen LogP contribution in [0.2, 0.25) is 5.02 Å². The number of likely N-dealkylation sites (N-methyl/N-ethyl adjacent to an activating group) is 1. The number of fused-ring (bicyclic) bond motifs is 1. The van der Waals surface area contributed by atoms with Gasteiger partial charge in [-0.05, 0) is 32.0 Å². The first-order valence-corrected chi connectivity index (χ1v) is 6.29. The van der Waals surface area contributed by atoms with E-state index in [1.165, 1.54) is 11.4 Å². The number of hydrogen-bond donors (Lipinski definition) is 1. The number of nitrogens with two attached hydrogens (primary N) is 1. The van der Waals surface area contributed by atoms with Crippen LogP contribution in [0.5, 0.6) is 0 Å². The van der Waals surface area contributed by atoms with Gasteiger partial charge in [-0.15, -0.1) is 12.4 Å². The molecule has 0 saturated carbocycles. The lowest BCUT2D eigenvalue weighted by atomic mass is 10.0. The molecule has 1 aromatic carbocycles. The van der Waals surface area contributed by atoms with Crippen LogP contribution in [0.25, 0.3) is 0 Å². The summed E-state index contributed by atoms with van der Waals surface area (Å²) < 4.78 is 0. The molecular formula is C13H21Cl2N3. The van der Waals surface area contributed by atoms with Gasteiger partial charge < -0.3 is 15.5 Å². The van der Waals surface area contributed by atoms with Gasteiger partial charge >= 0.3 is 0 Å². The van der Waals surface area contributed by atoms with Crippen molar-refractivity contribution >= 4 is 35.4 Å². The van der Waals surface area contributed by atoms with E-state index in [2.05, 4.69) is 36.8 Å². The average Bonchev–Trinajstić information content (AvgIpc) is 2.20. The molecule has 0 saturated heterocycles. The zero-order valence-corrected chi connectivity index (χ0v) is 12.7. The third-order valence-electron chi connectivity index (χ3n) is 2.99. The Bertz CT molecular complexity index is 415. The maximum Gasteiger partial charge on any atom is 0.0620 e. The standard InChI is InChI=1S/C13H20ClN3.ClH/c1-13(2,15)9-17-7-6-16(3)11-5-4-10(14)8-12(11)17;/h4-5,8H,6-7,9,15H2,1-3H3;1H. The predicted octanol–water partition coefficient (Wildman–Crippen LogP) is 2.76. The number of hydrogen-bond acceptors (Lipinski definition) is 3. The molecule has 0 amide bonds. The van der Waals surface area contributed by atoms with Crippen LogP contribution in [0.15, 0.2) is 18.2 Å². The first-order valence-electron chi connectivity index (χ1n) is 5.91. The topological polar surface area (TPSA) is 32.5 Å². The van der Waals surface area contributed by atoms with E-state index in [0.717, 1.165) is 24.7 Å². The monoisotopic (exact) mass is 289 g/mol. The van der Waals surface area contributed by atoms with Gasteiger partial charge in [0.25, 0.3) is 0 Å². The molecule has 0 unspecified atom stereocenters. The van der Waals surface area contributed by atoms with E-state index in [0.29, 0.717) is 0 Å². The predicted molar refractivity (Wildman–Crippen MR) is 82.4 cm³/mol.